The summed E-state index contributed by atoms with van der Waals surface area (Å²) in [7, 11) is 0. The van der Waals surface area contributed by atoms with Gasteiger partial charge >= 0.3 is 0 Å². The number of amides is 2. The molecule has 168 valence electrons. The molecule has 0 aliphatic carbocycles. The summed E-state index contributed by atoms with van der Waals surface area (Å²) in [5.41, 5.74) is 5.00. The first-order chi connectivity index (χ1) is 15.7. The first-order valence-electron chi connectivity index (χ1n) is 10.5. The Balaban J connectivity index is 1.64. The van der Waals surface area contributed by atoms with Gasteiger partial charge < -0.3 is 10.6 Å². The van der Waals surface area contributed by atoms with Gasteiger partial charge in [0.05, 0.1) is 11.7 Å². The van der Waals surface area contributed by atoms with E-state index in [4.69, 9.17) is 0 Å². The van der Waals surface area contributed by atoms with Crippen LogP contribution >= 0.6 is 11.3 Å². The Morgan fingerprint density at radius 3 is 2.30 bits per heavy atom. The number of carbonyl (C=O) groups excluding carboxylic acids is 2. The van der Waals surface area contributed by atoms with E-state index in [2.05, 4.69) is 21.7 Å². The van der Waals surface area contributed by atoms with Gasteiger partial charge in [-0.15, -0.1) is 11.3 Å². The molecule has 0 radical (unpaired) electrons. The molecule has 0 saturated carbocycles. The molecular weight excluding hydrogens is 436 g/mol. The number of carbonyl (C=O) groups is 2. The van der Waals surface area contributed by atoms with Crippen molar-refractivity contribution in [1.29, 1.82) is 0 Å². The third kappa shape index (κ3) is 4.56. The smallest absolute Gasteiger partial charge is 0.263 e. The first-order valence-corrected chi connectivity index (χ1v) is 11.4. The average Bonchev–Trinajstić information content (AvgIpc) is 3.19. The van der Waals surface area contributed by atoms with Crippen molar-refractivity contribution in [3.63, 3.8) is 0 Å². The van der Waals surface area contributed by atoms with E-state index >= 15 is 0 Å². The van der Waals surface area contributed by atoms with E-state index in [1.165, 1.54) is 29.2 Å². The molecule has 2 aromatic heterocycles. The predicted molar refractivity (Wildman–Crippen MR) is 133 cm³/mol. The fourth-order valence-electron chi connectivity index (χ4n) is 3.75. The second kappa shape index (κ2) is 8.99. The van der Waals surface area contributed by atoms with E-state index in [9.17, 15) is 14.4 Å². The Bertz CT molecular complexity index is 1420. The van der Waals surface area contributed by atoms with Crippen LogP contribution in [0, 0.1) is 13.8 Å². The zero-order valence-corrected chi connectivity index (χ0v) is 19.6. The molecule has 0 fully saturated rings. The molecule has 0 aliphatic heterocycles. The summed E-state index contributed by atoms with van der Waals surface area (Å²) in [6.45, 7) is 7.15. The number of benzene rings is 2. The molecule has 4 rings (SSSR count). The second-order valence-corrected chi connectivity index (χ2v) is 8.89. The van der Waals surface area contributed by atoms with E-state index in [1.807, 2.05) is 31.4 Å². The highest BCUT2D eigenvalue weighted by Gasteiger charge is 2.21. The number of hydrogen-bond acceptors (Lipinski definition) is 5. The summed E-state index contributed by atoms with van der Waals surface area (Å²) in [5.74, 6) is -0.509. The summed E-state index contributed by atoms with van der Waals surface area (Å²) in [5, 5.41) is 7.96. The molecule has 1 unspecified atom stereocenters. The van der Waals surface area contributed by atoms with Gasteiger partial charge in [0.25, 0.3) is 5.56 Å². The van der Waals surface area contributed by atoms with E-state index in [1.54, 1.807) is 31.2 Å². The van der Waals surface area contributed by atoms with Crippen LogP contribution in [-0.2, 0) is 9.59 Å². The summed E-state index contributed by atoms with van der Waals surface area (Å²) in [6, 6.07) is 12.1. The van der Waals surface area contributed by atoms with Crippen LogP contribution in [0.5, 0.6) is 0 Å². The number of aryl methyl sites for hydroxylation is 2. The van der Waals surface area contributed by atoms with Crippen molar-refractivity contribution < 1.29 is 9.59 Å². The van der Waals surface area contributed by atoms with E-state index in [-0.39, 0.29) is 17.4 Å². The minimum Gasteiger partial charge on any atom is -0.326 e. The zero-order valence-electron chi connectivity index (χ0n) is 18.8. The van der Waals surface area contributed by atoms with Crippen molar-refractivity contribution in [1.82, 2.24) is 9.55 Å². The largest absolute Gasteiger partial charge is 0.326 e. The number of anilines is 2. The van der Waals surface area contributed by atoms with E-state index < -0.39 is 6.04 Å². The van der Waals surface area contributed by atoms with Gasteiger partial charge in [0.15, 0.2) is 0 Å². The molecule has 2 aromatic carbocycles. The number of nitrogens with zero attached hydrogens (tertiary/aromatic N) is 2. The van der Waals surface area contributed by atoms with Crippen LogP contribution in [0.25, 0.3) is 21.3 Å². The lowest BCUT2D eigenvalue weighted by Crippen LogP contribution is -2.31. The number of rotatable bonds is 5. The van der Waals surface area contributed by atoms with Crippen LogP contribution in [0.15, 0.2) is 59.0 Å². The normalized spacial score (nSPS) is 11.9. The standard InChI is InChI=1S/C25H24N4O3S/c1-14-5-10-20(15(2)11-14)21-12-33-24-22(21)25(32)29(13-26-24)16(3)23(31)28-19-8-6-18(7-9-19)27-17(4)30/h5-13,16H,1-4H3,(H,27,30)(H,28,31). The van der Waals surface area contributed by atoms with Crippen LogP contribution in [0.2, 0.25) is 0 Å². The summed E-state index contributed by atoms with van der Waals surface area (Å²) < 4.78 is 1.36. The van der Waals surface area contributed by atoms with Gasteiger partial charge in [-0.2, -0.15) is 0 Å². The SMILES string of the molecule is CC(=O)Nc1ccc(NC(=O)C(C)n2cnc3scc(-c4ccc(C)cc4C)c3c2=O)cc1. The molecular formula is C25H24N4O3S. The Kier molecular flexibility index (Phi) is 6.11. The van der Waals surface area contributed by atoms with Gasteiger partial charge in [-0.25, -0.2) is 4.98 Å². The maximum atomic E-state index is 13.4. The molecule has 2 heterocycles. The molecule has 7 nitrogen and oxygen atoms in total. The van der Waals surface area contributed by atoms with Crippen molar-refractivity contribution in [2.45, 2.75) is 33.7 Å². The predicted octanol–water partition coefficient (Wildman–Crippen LogP) is 4.90. The van der Waals surface area contributed by atoms with Crippen LogP contribution in [0.1, 0.15) is 31.0 Å². The maximum Gasteiger partial charge on any atom is 0.263 e. The molecule has 33 heavy (non-hydrogen) atoms. The number of hydrogen-bond donors (Lipinski definition) is 2. The quantitative estimate of drug-likeness (QED) is 0.443. The highest BCUT2D eigenvalue weighted by molar-refractivity contribution is 7.17. The number of thiophene rings is 1. The minimum atomic E-state index is -0.767. The van der Waals surface area contributed by atoms with Gasteiger partial charge in [0, 0.05) is 29.2 Å². The zero-order chi connectivity index (χ0) is 23.7. The molecule has 4 aromatic rings. The molecule has 0 saturated heterocycles. The second-order valence-electron chi connectivity index (χ2n) is 8.03. The molecule has 8 heteroatoms. The molecule has 2 amide bonds. The monoisotopic (exact) mass is 460 g/mol. The lowest BCUT2D eigenvalue weighted by molar-refractivity contribution is -0.119. The van der Waals surface area contributed by atoms with Crippen molar-refractivity contribution in [2.75, 3.05) is 10.6 Å². The van der Waals surface area contributed by atoms with Crippen LogP contribution in [-0.4, -0.2) is 21.4 Å². The topological polar surface area (TPSA) is 93.1 Å². The fourth-order valence-corrected chi connectivity index (χ4v) is 4.65. The van der Waals surface area contributed by atoms with Gasteiger partial charge in [-0.1, -0.05) is 23.8 Å². The Morgan fingerprint density at radius 1 is 1.00 bits per heavy atom. The Morgan fingerprint density at radius 2 is 1.67 bits per heavy atom. The Hall–Kier alpha value is -3.78. The molecule has 0 bridgehead atoms. The van der Waals surface area contributed by atoms with Crippen molar-refractivity contribution in [3.05, 3.63) is 75.7 Å². The van der Waals surface area contributed by atoms with Gasteiger partial charge in [0.2, 0.25) is 11.8 Å². The van der Waals surface area contributed by atoms with Gasteiger partial charge in [-0.3, -0.25) is 19.0 Å². The third-order valence-electron chi connectivity index (χ3n) is 5.46. The maximum absolute atomic E-state index is 13.4. The molecule has 2 N–H and O–H groups in total. The van der Waals surface area contributed by atoms with Crippen molar-refractivity contribution in [2.24, 2.45) is 0 Å². The van der Waals surface area contributed by atoms with Crippen LogP contribution in [0.3, 0.4) is 0 Å². The minimum absolute atomic E-state index is 0.170. The molecule has 0 spiro atoms. The van der Waals surface area contributed by atoms with Crippen LogP contribution in [0.4, 0.5) is 11.4 Å². The number of aromatic nitrogens is 2. The van der Waals surface area contributed by atoms with Crippen molar-refractivity contribution >= 4 is 44.7 Å². The van der Waals surface area contributed by atoms with Crippen molar-refractivity contribution in [3.8, 4) is 11.1 Å². The highest BCUT2D eigenvalue weighted by Crippen LogP contribution is 2.33. The van der Waals surface area contributed by atoms with E-state index in [0.29, 0.717) is 21.6 Å². The summed E-state index contributed by atoms with van der Waals surface area (Å²) in [4.78, 5) is 42.5. The fraction of sp³-hybridized carbons (Fsp3) is 0.200. The average molecular weight is 461 g/mol. The first kappa shape index (κ1) is 22.4. The highest BCUT2D eigenvalue weighted by atomic mass is 32.1. The van der Waals surface area contributed by atoms with E-state index in [0.717, 1.165) is 22.3 Å². The summed E-state index contributed by atoms with van der Waals surface area (Å²) >= 11 is 1.42. The lowest BCUT2D eigenvalue weighted by Gasteiger charge is -2.15. The van der Waals surface area contributed by atoms with Gasteiger partial charge in [0.1, 0.15) is 10.9 Å². The molecule has 0 aliphatic rings. The summed E-state index contributed by atoms with van der Waals surface area (Å²) in [6.07, 6.45) is 1.43. The Labute approximate surface area is 195 Å². The molecule has 1 atom stereocenters. The number of fused-ring (bicyclic) bond motifs is 1. The van der Waals surface area contributed by atoms with Crippen LogP contribution < -0.4 is 16.2 Å². The number of nitrogens with one attached hydrogen (secondary N) is 2. The lowest BCUT2D eigenvalue weighted by atomic mass is 9.99. The third-order valence-corrected chi connectivity index (χ3v) is 6.35. The van der Waals surface area contributed by atoms with Gasteiger partial charge in [-0.05, 0) is 56.2 Å².